The Morgan fingerprint density at radius 2 is 1.74 bits per heavy atom. The molecule has 0 saturated heterocycles. The van der Waals surface area contributed by atoms with E-state index in [4.69, 9.17) is 4.52 Å². The third-order valence-corrected chi connectivity index (χ3v) is 4.20. The van der Waals surface area contributed by atoms with E-state index in [0.717, 1.165) is 16.9 Å². The van der Waals surface area contributed by atoms with Crippen LogP contribution in [0.15, 0.2) is 77.8 Å². The summed E-state index contributed by atoms with van der Waals surface area (Å²) in [5.41, 5.74) is 3.22. The molecule has 7 nitrogen and oxygen atoms in total. The number of aromatic nitrogens is 4. The molecule has 0 unspecified atom stereocenters. The zero-order valence-electron chi connectivity index (χ0n) is 14.7. The highest BCUT2D eigenvalue weighted by molar-refractivity contribution is 5.94. The van der Waals surface area contributed by atoms with E-state index in [1.165, 1.54) is 0 Å². The van der Waals surface area contributed by atoms with Crippen LogP contribution in [0.2, 0.25) is 0 Å². The maximum absolute atomic E-state index is 12.7. The molecule has 134 valence electrons. The topological polar surface area (TPSA) is 77.0 Å². The van der Waals surface area contributed by atoms with Gasteiger partial charge in [0, 0.05) is 29.9 Å². The number of nitrogens with zero attached hydrogens (tertiary/aromatic N) is 5. The van der Waals surface area contributed by atoms with Crippen LogP contribution < -0.4 is 0 Å². The van der Waals surface area contributed by atoms with Crippen molar-refractivity contribution in [1.29, 1.82) is 0 Å². The molecule has 4 rings (SSSR count). The molecule has 7 heteroatoms. The van der Waals surface area contributed by atoms with Gasteiger partial charge in [0.2, 0.25) is 0 Å². The predicted molar refractivity (Wildman–Crippen MR) is 99.1 cm³/mol. The van der Waals surface area contributed by atoms with Crippen molar-refractivity contribution in [1.82, 2.24) is 24.8 Å². The molecule has 1 amide bonds. The summed E-state index contributed by atoms with van der Waals surface area (Å²) in [4.78, 5) is 14.3. The molecule has 0 saturated carbocycles. The monoisotopic (exact) mass is 359 g/mol. The van der Waals surface area contributed by atoms with Crippen molar-refractivity contribution in [2.75, 3.05) is 7.05 Å². The molecule has 0 spiro atoms. The molecule has 0 bridgehead atoms. The van der Waals surface area contributed by atoms with Crippen LogP contribution in [-0.2, 0) is 6.54 Å². The number of hydrogen-bond acceptors (Lipinski definition) is 5. The average molecular weight is 359 g/mol. The summed E-state index contributed by atoms with van der Waals surface area (Å²) in [5.74, 6) is 0.536. The first kappa shape index (κ1) is 16.7. The second kappa shape index (κ2) is 7.25. The van der Waals surface area contributed by atoms with E-state index < -0.39 is 0 Å². The van der Waals surface area contributed by atoms with Crippen molar-refractivity contribution in [3.8, 4) is 16.9 Å². The number of benzene rings is 2. The van der Waals surface area contributed by atoms with Gasteiger partial charge in [-0.1, -0.05) is 35.5 Å². The molecule has 0 atom stereocenters. The quantitative estimate of drug-likeness (QED) is 0.547. The third kappa shape index (κ3) is 3.62. The van der Waals surface area contributed by atoms with E-state index in [-0.39, 0.29) is 5.91 Å². The number of carbonyl (C=O) groups is 1. The molecule has 0 radical (unpaired) electrons. The van der Waals surface area contributed by atoms with Crippen molar-refractivity contribution in [2.45, 2.75) is 6.54 Å². The lowest BCUT2D eigenvalue weighted by molar-refractivity contribution is 0.0772. The second-order valence-corrected chi connectivity index (χ2v) is 6.12. The molecule has 0 fully saturated rings. The van der Waals surface area contributed by atoms with Crippen molar-refractivity contribution in [2.24, 2.45) is 0 Å². The van der Waals surface area contributed by atoms with Gasteiger partial charge in [-0.25, -0.2) is 0 Å². The van der Waals surface area contributed by atoms with Gasteiger partial charge in [0.05, 0.1) is 6.54 Å². The van der Waals surface area contributed by atoms with Crippen LogP contribution in [0.5, 0.6) is 0 Å². The second-order valence-electron chi connectivity index (χ2n) is 6.12. The van der Waals surface area contributed by atoms with Gasteiger partial charge in [-0.15, -0.1) is 10.2 Å². The number of amides is 1. The van der Waals surface area contributed by atoms with Crippen molar-refractivity contribution >= 4 is 5.91 Å². The Morgan fingerprint density at radius 1 is 1.04 bits per heavy atom. The number of rotatable bonds is 5. The van der Waals surface area contributed by atoms with Gasteiger partial charge in [-0.05, 0) is 24.3 Å². The number of carbonyl (C=O) groups excluding carboxylic acids is 1. The molecule has 2 heterocycles. The summed E-state index contributed by atoms with van der Waals surface area (Å²) in [6, 6.07) is 18.9. The zero-order valence-corrected chi connectivity index (χ0v) is 14.7. The van der Waals surface area contributed by atoms with Crippen LogP contribution in [0.4, 0.5) is 0 Å². The first-order chi connectivity index (χ1) is 13.2. The summed E-state index contributed by atoms with van der Waals surface area (Å²) in [6.45, 7) is 0.339. The van der Waals surface area contributed by atoms with Gasteiger partial charge in [-0.3, -0.25) is 9.36 Å². The summed E-state index contributed by atoms with van der Waals surface area (Å²) < 4.78 is 7.16. The van der Waals surface area contributed by atoms with Crippen molar-refractivity contribution < 1.29 is 9.32 Å². The Balaban J connectivity index is 1.44. The zero-order chi connectivity index (χ0) is 18.6. The lowest BCUT2D eigenvalue weighted by Crippen LogP contribution is -2.25. The van der Waals surface area contributed by atoms with Gasteiger partial charge in [0.1, 0.15) is 18.3 Å². The molecule has 4 aromatic rings. The molecule has 2 aromatic carbocycles. The largest absolute Gasteiger partial charge is 0.359 e. The van der Waals surface area contributed by atoms with Gasteiger partial charge < -0.3 is 9.42 Å². The molecule has 0 aliphatic heterocycles. The van der Waals surface area contributed by atoms with E-state index in [0.29, 0.717) is 17.9 Å². The summed E-state index contributed by atoms with van der Waals surface area (Å²) in [5, 5.41) is 11.6. The Bertz CT molecular complexity index is 1020. The predicted octanol–water partition coefficient (Wildman–Crippen LogP) is 3.19. The Morgan fingerprint density at radius 3 is 2.44 bits per heavy atom. The maximum Gasteiger partial charge on any atom is 0.254 e. The van der Waals surface area contributed by atoms with Gasteiger partial charge in [-0.2, -0.15) is 0 Å². The molecular weight excluding hydrogens is 342 g/mol. The fraction of sp³-hybridized carbons (Fsp3) is 0.100. The minimum absolute atomic E-state index is 0.0945. The smallest absolute Gasteiger partial charge is 0.254 e. The lowest BCUT2D eigenvalue weighted by atomic mass is 10.1. The van der Waals surface area contributed by atoms with E-state index in [1.54, 1.807) is 41.3 Å². The molecular formula is C20H17N5O2. The highest BCUT2D eigenvalue weighted by Gasteiger charge is 2.15. The minimum Gasteiger partial charge on any atom is -0.359 e. The normalized spacial score (nSPS) is 10.7. The fourth-order valence-corrected chi connectivity index (χ4v) is 2.77. The van der Waals surface area contributed by atoms with E-state index in [2.05, 4.69) is 15.4 Å². The Kier molecular flexibility index (Phi) is 4.49. The van der Waals surface area contributed by atoms with Crippen molar-refractivity contribution in [3.05, 3.63) is 84.6 Å². The number of hydrogen-bond donors (Lipinski definition) is 0. The third-order valence-electron chi connectivity index (χ3n) is 4.20. The van der Waals surface area contributed by atoms with E-state index in [9.17, 15) is 4.79 Å². The minimum atomic E-state index is -0.0945. The van der Waals surface area contributed by atoms with E-state index >= 15 is 0 Å². The SMILES string of the molecule is CN(Cc1cc(-c2ccccc2)no1)C(=O)c1ccc(-n2cnnc2)cc1. The van der Waals surface area contributed by atoms with Crippen LogP contribution in [0.3, 0.4) is 0 Å². The molecule has 0 N–H and O–H groups in total. The van der Waals surface area contributed by atoms with Crippen LogP contribution in [-0.4, -0.2) is 37.8 Å². The molecule has 27 heavy (non-hydrogen) atoms. The molecule has 0 aliphatic rings. The van der Waals surface area contributed by atoms with Gasteiger partial charge >= 0.3 is 0 Å². The van der Waals surface area contributed by atoms with Gasteiger partial charge in [0.25, 0.3) is 5.91 Å². The Hall–Kier alpha value is -3.74. The van der Waals surface area contributed by atoms with E-state index in [1.807, 2.05) is 48.5 Å². The first-order valence-electron chi connectivity index (χ1n) is 8.42. The lowest BCUT2D eigenvalue weighted by Gasteiger charge is -2.15. The first-order valence-corrected chi connectivity index (χ1v) is 8.42. The summed E-state index contributed by atoms with van der Waals surface area (Å²) in [7, 11) is 1.74. The highest BCUT2D eigenvalue weighted by Crippen LogP contribution is 2.20. The van der Waals surface area contributed by atoms with Gasteiger partial charge in [0.15, 0.2) is 5.76 Å². The average Bonchev–Trinajstić information content (AvgIpc) is 3.40. The Labute approximate surface area is 155 Å². The van der Waals surface area contributed by atoms with Crippen LogP contribution in [0.25, 0.3) is 16.9 Å². The van der Waals surface area contributed by atoms with Crippen LogP contribution in [0.1, 0.15) is 16.1 Å². The standard InChI is InChI=1S/C20H17N5O2/c1-24(12-18-11-19(23-27-18)15-5-3-2-4-6-15)20(26)16-7-9-17(10-8-16)25-13-21-22-14-25/h2-11,13-14H,12H2,1H3. The molecule has 2 aromatic heterocycles. The highest BCUT2D eigenvalue weighted by atomic mass is 16.5. The van der Waals surface area contributed by atoms with Crippen LogP contribution >= 0.6 is 0 Å². The summed E-state index contributed by atoms with van der Waals surface area (Å²) in [6.07, 6.45) is 3.22. The summed E-state index contributed by atoms with van der Waals surface area (Å²) >= 11 is 0. The molecule has 0 aliphatic carbocycles. The van der Waals surface area contributed by atoms with Crippen LogP contribution in [0, 0.1) is 0 Å². The van der Waals surface area contributed by atoms with Crippen molar-refractivity contribution in [3.63, 3.8) is 0 Å². The fourth-order valence-electron chi connectivity index (χ4n) is 2.77. The maximum atomic E-state index is 12.7.